The third-order valence-electron chi connectivity index (χ3n) is 3.32. The molecule has 108 valence electrons. The fourth-order valence-electron chi connectivity index (χ4n) is 2.16. The van der Waals surface area contributed by atoms with E-state index in [2.05, 4.69) is 15.5 Å². The number of alkyl halides is 3. The number of ether oxygens (including phenoxy) is 1. The second kappa shape index (κ2) is 5.46. The average Bonchev–Trinajstić information content (AvgIpc) is 2.97. The molecule has 2 rings (SSSR count). The van der Waals surface area contributed by atoms with Gasteiger partial charge in [0, 0.05) is 26.7 Å². The summed E-state index contributed by atoms with van der Waals surface area (Å²) in [6.07, 6.45) is -3.38. The summed E-state index contributed by atoms with van der Waals surface area (Å²) in [4.78, 5) is 3.91. The summed E-state index contributed by atoms with van der Waals surface area (Å²) < 4.78 is 49.4. The van der Waals surface area contributed by atoms with Crippen molar-refractivity contribution in [3.63, 3.8) is 0 Å². The lowest BCUT2D eigenvalue weighted by Gasteiger charge is -2.26. The van der Waals surface area contributed by atoms with Crippen LogP contribution in [0.5, 0.6) is 0 Å². The number of rotatable bonds is 5. The third-order valence-corrected chi connectivity index (χ3v) is 3.32. The van der Waals surface area contributed by atoms with Gasteiger partial charge in [0.15, 0.2) is 11.2 Å². The minimum atomic E-state index is -4.40. The molecule has 1 fully saturated rings. The Bertz CT molecular complexity index is 414. The van der Waals surface area contributed by atoms with E-state index in [1.807, 2.05) is 0 Å². The van der Waals surface area contributed by atoms with Gasteiger partial charge in [-0.15, -0.1) is 0 Å². The Hall–Kier alpha value is -1.15. The Morgan fingerprint density at radius 3 is 2.84 bits per heavy atom. The monoisotopic (exact) mass is 279 g/mol. The topological polar surface area (TPSA) is 60.2 Å². The second-order valence-corrected chi connectivity index (χ2v) is 4.62. The minimum Gasteiger partial charge on any atom is -0.385 e. The van der Waals surface area contributed by atoms with Crippen molar-refractivity contribution in [1.29, 1.82) is 0 Å². The van der Waals surface area contributed by atoms with Gasteiger partial charge in [-0.05, 0) is 19.4 Å². The van der Waals surface area contributed by atoms with E-state index in [-0.39, 0.29) is 18.9 Å². The molecule has 0 saturated carbocycles. The number of nitrogens with one attached hydrogen (secondary N) is 1. The molecule has 2 heterocycles. The summed E-state index contributed by atoms with van der Waals surface area (Å²) in [5, 5.41) is 6.33. The number of nitrogens with zero attached hydrogens (tertiary/aromatic N) is 2. The Labute approximate surface area is 108 Å². The van der Waals surface area contributed by atoms with Crippen molar-refractivity contribution in [3.05, 3.63) is 11.7 Å². The highest BCUT2D eigenvalue weighted by molar-refractivity contribution is 5.14. The highest BCUT2D eigenvalue weighted by atomic mass is 19.4. The van der Waals surface area contributed by atoms with Crippen LogP contribution in [0.15, 0.2) is 4.52 Å². The Kier molecular flexibility index (Phi) is 4.10. The van der Waals surface area contributed by atoms with Crippen LogP contribution in [-0.2, 0) is 16.6 Å². The van der Waals surface area contributed by atoms with Gasteiger partial charge < -0.3 is 14.6 Å². The van der Waals surface area contributed by atoms with Gasteiger partial charge in [0.05, 0.1) is 0 Å². The summed E-state index contributed by atoms with van der Waals surface area (Å²) in [7, 11) is 1.56. The van der Waals surface area contributed by atoms with Crippen LogP contribution in [0.4, 0.5) is 13.2 Å². The molecule has 1 saturated heterocycles. The SMILES string of the molecule is COCCCc1noc(C2(C(F)(F)F)CCNC2)n1. The quantitative estimate of drug-likeness (QED) is 0.826. The molecule has 0 amide bonds. The number of hydrogen-bond acceptors (Lipinski definition) is 5. The van der Waals surface area contributed by atoms with Crippen molar-refractivity contribution in [3.8, 4) is 0 Å². The molecule has 1 aromatic heterocycles. The molecule has 19 heavy (non-hydrogen) atoms. The maximum atomic E-state index is 13.2. The lowest BCUT2D eigenvalue weighted by molar-refractivity contribution is -0.191. The van der Waals surface area contributed by atoms with E-state index in [0.29, 0.717) is 31.8 Å². The van der Waals surface area contributed by atoms with Gasteiger partial charge in [-0.25, -0.2) is 0 Å². The largest absolute Gasteiger partial charge is 0.404 e. The number of methoxy groups -OCH3 is 1. The van der Waals surface area contributed by atoms with E-state index in [4.69, 9.17) is 9.26 Å². The smallest absolute Gasteiger partial charge is 0.385 e. The Morgan fingerprint density at radius 1 is 1.47 bits per heavy atom. The van der Waals surface area contributed by atoms with E-state index in [1.54, 1.807) is 7.11 Å². The molecule has 0 spiro atoms. The molecule has 8 heteroatoms. The number of aromatic nitrogens is 2. The molecule has 0 bridgehead atoms. The average molecular weight is 279 g/mol. The Morgan fingerprint density at radius 2 is 2.26 bits per heavy atom. The van der Waals surface area contributed by atoms with Crippen molar-refractivity contribution >= 4 is 0 Å². The normalized spacial score (nSPS) is 24.0. The molecule has 1 N–H and O–H groups in total. The lowest BCUT2D eigenvalue weighted by atomic mass is 9.86. The molecule has 0 aromatic carbocycles. The summed E-state index contributed by atoms with van der Waals surface area (Å²) in [6.45, 7) is 0.590. The highest BCUT2D eigenvalue weighted by Crippen LogP contribution is 2.44. The summed E-state index contributed by atoms with van der Waals surface area (Å²) >= 11 is 0. The van der Waals surface area contributed by atoms with E-state index in [0.717, 1.165) is 0 Å². The van der Waals surface area contributed by atoms with Crippen LogP contribution in [-0.4, -0.2) is 43.1 Å². The van der Waals surface area contributed by atoms with Gasteiger partial charge in [-0.3, -0.25) is 0 Å². The third kappa shape index (κ3) is 2.74. The predicted molar refractivity (Wildman–Crippen MR) is 59.7 cm³/mol. The van der Waals surface area contributed by atoms with Gasteiger partial charge in [-0.1, -0.05) is 5.16 Å². The maximum absolute atomic E-state index is 13.2. The van der Waals surface area contributed by atoms with Gasteiger partial charge in [0.2, 0.25) is 5.89 Å². The first-order valence-corrected chi connectivity index (χ1v) is 6.09. The first-order chi connectivity index (χ1) is 8.99. The molecule has 5 nitrogen and oxygen atoms in total. The molecule has 1 aliphatic heterocycles. The lowest BCUT2D eigenvalue weighted by Crippen LogP contribution is -2.44. The van der Waals surface area contributed by atoms with Crippen LogP contribution in [0.3, 0.4) is 0 Å². The van der Waals surface area contributed by atoms with Gasteiger partial charge in [0.1, 0.15) is 0 Å². The molecule has 0 radical (unpaired) electrons. The van der Waals surface area contributed by atoms with Gasteiger partial charge in [0.25, 0.3) is 0 Å². The zero-order chi connectivity index (χ0) is 13.9. The van der Waals surface area contributed by atoms with E-state index in [1.165, 1.54) is 0 Å². The first kappa shape index (κ1) is 14.3. The molecule has 1 atom stereocenters. The predicted octanol–water partition coefficient (Wildman–Crippen LogP) is 1.44. The molecular formula is C11H16F3N3O2. The van der Waals surface area contributed by atoms with Crippen LogP contribution in [0.1, 0.15) is 24.6 Å². The standard InChI is InChI=1S/C11H16F3N3O2/c1-18-6-2-3-8-16-9(19-17-8)10(11(12,13)14)4-5-15-7-10/h15H,2-7H2,1H3. The van der Waals surface area contributed by atoms with Crippen LogP contribution >= 0.6 is 0 Å². The van der Waals surface area contributed by atoms with E-state index >= 15 is 0 Å². The molecule has 1 aliphatic rings. The van der Waals surface area contributed by atoms with Crippen LogP contribution in [0, 0.1) is 0 Å². The van der Waals surface area contributed by atoms with E-state index < -0.39 is 11.6 Å². The fourth-order valence-corrected chi connectivity index (χ4v) is 2.16. The molecule has 1 unspecified atom stereocenters. The zero-order valence-electron chi connectivity index (χ0n) is 10.6. The highest BCUT2D eigenvalue weighted by Gasteiger charge is 2.61. The van der Waals surface area contributed by atoms with Crippen molar-refractivity contribution < 1.29 is 22.4 Å². The molecule has 1 aromatic rings. The van der Waals surface area contributed by atoms with Gasteiger partial charge in [-0.2, -0.15) is 18.2 Å². The maximum Gasteiger partial charge on any atom is 0.404 e. The number of halogens is 3. The van der Waals surface area contributed by atoms with Crippen LogP contribution in [0.2, 0.25) is 0 Å². The second-order valence-electron chi connectivity index (χ2n) is 4.62. The Balaban J connectivity index is 2.15. The van der Waals surface area contributed by atoms with E-state index in [9.17, 15) is 13.2 Å². The summed E-state index contributed by atoms with van der Waals surface area (Å²) in [5.74, 6) is -0.0417. The minimum absolute atomic E-state index is 0.0732. The number of hydrogen-bond donors (Lipinski definition) is 1. The number of aryl methyl sites for hydroxylation is 1. The zero-order valence-corrected chi connectivity index (χ0v) is 10.6. The van der Waals surface area contributed by atoms with Gasteiger partial charge >= 0.3 is 6.18 Å². The first-order valence-electron chi connectivity index (χ1n) is 6.09. The van der Waals surface area contributed by atoms with Crippen LogP contribution in [0.25, 0.3) is 0 Å². The van der Waals surface area contributed by atoms with Crippen molar-refractivity contribution in [2.24, 2.45) is 0 Å². The summed E-state index contributed by atoms with van der Waals surface area (Å²) in [5.41, 5.74) is -2.04. The van der Waals surface area contributed by atoms with Crippen molar-refractivity contribution in [2.75, 3.05) is 26.8 Å². The van der Waals surface area contributed by atoms with Crippen molar-refractivity contribution in [2.45, 2.75) is 30.9 Å². The summed E-state index contributed by atoms with van der Waals surface area (Å²) in [6, 6.07) is 0. The van der Waals surface area contributed by atoms with Crippen LogP contribution < -0.4 is 5.32 Å². The fraction of sp³-hybridized carbons (Fsp3) is 0.818. The van der Waals surface area contributed by atoms with Crippen molar-refractivity contribution in [1.82, 2.24) is 15.5 Å². The molecule has 0 aliphatic carbocycles. The molecular weight excluding hydrogens is 263 g/mol.